The van der Waals surface area contributed by atoms with Crippen LogP contribution in [0.15, 0.2) is 30.3 Å². The second-order valence-electron chi connectivity index (χ2n) is 5.76. The standard InChI is InChI=1S/C16H24N2O4S/c1-3-18-13-14(11-16(18)19)12-17(2)23(20,21)10-9-22-15-7-5-4-6-8-15/h4-8,14H,3,9-13H2,1-2H3/t14-/m0/s1. The minimum absolute atomic E-state index is 0.0669. The zero-order valence-corrected chi connectivity index (χ0v) is 14.5. The first-order valence-electron chi connectivity index (χ1n) is 7.82. The van der Waals surface area contributed by atoms with Crippen LogP contribution in [0.5, 0.6) is 5.75 Å². The number of para-hydroxylation sites is 1. The van der Waals surface area contributed by atoms with Crippen LogP contribution in [0.2, 0.25) is 0 Å². The molecule has 2 rings (SSSR count). The van der Waals surface area contributed by atoms with Crippen LogP contribution in [-0.4, -0.2) is 62.6 Å². The van der Waals surface area contributed by atoms with Gasteiger partial charge in [-0.15, -0.1) is 0 Å². The number of hydrogen-bond acceptors (Lipinski definition) is 4. The van der Waals surface area contributed by atoms with Gasteiger partial charge in [0.2, 0.25) is 15.9 Å². The molecule has 1 heterocycles. The number of rotatable bonds is 8. The Bertz CT molecular complexity index is 618. The van der Waals surface area contributed by atoms with Crippen LogP contribution < -0.4 is 4.74 Å². The van der Waals surface area contributed by atoms with Gasteiger partial charge in [0.05, 0.1) is 5.75 Å². The molecule has 23 heavy (non-hydrogen) atoms. The molecule has 1 aromatic carbocycles. The molecule has 0 aliphatic carbocycles. The van der Waals surface area contributed by atoms with Crippen LogP contribution >= 0.6 is 0 Å². The van der Waals surface area contributed by atoms with Crippen molar-refractivity contribution in [2.75, 3.05) is 39.0 Å². The number of hydrogen-bond donors (Lipinski definition) is 0. The number of amides is 1. The molecule has 1 aromatic rings. The molecule has 1 aliphatic rings. The SMILES string of the molecule is CCN1C[C@H](CN(C)S(=O)(=O)CCOc2ccccc2)CC1=O. The molecule has 0 spiro atoms. The summed E-state index contributed by atoms with van der Waals surface area (Å²) in [4.78, 5) is 13.5. The van der Waals surface area contributed by atoms with Crippen molar-refractivity contribution in [3.63, 3.8) is 0 Å². The van der Waals surface area contributed by atoms with E-state index in [1.807, 2.05) is 25.1 Å². The number of likely N-dealkylation sites (tertiary alicyclic amines) is 1. The molecule has 0 aromatic heterocycles. The van der Waals surface area contributed by atoms with Gasteiger partial charge < -0.3 is 9.64 Å². The minimum atomic E-state index is -3.38. The molecule has 7 heteroatoms. The van der Waals surface area contributed by atoms with Crippen molar-refractivity contribution in [2.45, 2.75) is 13.3 Å². The number of sulfonamides is 1. The summed E-state index contributed by atoms with van der Waals surface area (Å²) >= 11 is 0. The van der Waals surface area contributed by atoms with Gasteiger partial charge in [-0.25, -0.2) is 12.7 Å². The monoisotopic (exact) mass is 340 g/mol. The van der Waals surface area contributed by atoms with Crippen molar-refractivity contribution in [1.82, 2.24) is 9.21 Å². The second-order valence-corrected chi connectivity index (χ2v) is 7.96. The molecule has 0 N–H and O–H groups in total. The second kappa shape index (κ2) is 7.79. The van der Waals surface area contributed by atoms with E-state index in [1.54, 1.807) is 24.1 Å². The summed E-state index contributed by atoms with van der Waals surface area (Å²) < 4.78 is 31.4. The lowest BCUT2D eigenvalue weighted by atomic mass is 10.1. The lowest BCUT2D eigenvalue weighted by molar-refractivity contribution is -0.127. The average molecular weight is 340 g/mol. The Morgan fingerprint density at radius 1 is 1.30 bits per heavy atom. The molecule has 0 radical (unpaired) electrons. The van der Waals surface area contributed by atoms with Gasteiger partial charge in [-0.3, -0.25) is 4.79 Å². The first-order valence-corrected chi connectivity index (χ1v) is 9.43. The fourth-order valence-electron chi connectivity index (χ4n) is 2.70. The van der Waals surface area contributed by atoms with Crippen LogP contribution in [0.25, 0.3) is 0 Å². The Morgan fingerprint density at radius 3 is 2.61 bits per heavy atom. The largest absolute Gasteiger partial charge is 0.492 e. The first kappa shape index (κ1) is 17.7. The molecular formula is C16H24N2O4S. The van der Waals surface area contributed by atoms with E-state index in [2.05, 4.69) is 0 Å². The molecule has 0 saturated carbocycles. The molecule has 1 fully saturated rings. The van der Waals surface area contributed by atoms with Gasteiger partial charge in [-0.05, 0) is 25.0 Å². The topological polar surface area (TPSA) is 66.9 Å². The summed E-state index contributed by atoms with van der Waals surface area (Å²) in [7, 11) is -1.81. The summed E-state index contributed by atoms with van der Waals surface area (Å²) in [6.45, 7) is 3.73. The molecule has 1 saturated heterocycles. The quantitative estimate of drug-likeness (QED) is 0.713. The molecular weight excluding hydrogens is 316 g/mol. The van der Waals surface area contributed by atoms with E-state index in [1.165, 1.54) is 4.31 Å². The van der Waals surface area contributed by atoms with Crippen molar-refractivity contribution >= 4 is 15.9 Å². The maximum absolute atomic E-state index is 12.3. The number of ether oxygens (including phenoxy) is 1. The van der Waals surface area contributed by atoms with E-state index in [-0.39, 0.29) is 24.2 Å². The molecule has 1 atom stereocenters. The van der Waals surface area contributed by atoms with Gasteiger partial charge in [-0.2, -0.15) is 0 Å². The first-order chi connectivity index (χ1) is 10.9. The highest BCUT2D eigenvalue weighted by atomic mass is 32.2. The van der Waals surface area contributed by atoms with Gasteiger partial charge in [0.15, 0.2) is 0 Å². The molecule has 6 nitrogen and oxygen atoms in total. The highest BCUT2D eigenvalue weighted by Crippen LogP contribution is 2.19. The normalized spacial score (nSPS) is 18.7. The van der Waals surface area contributed by atoms with E-state index >= 15 is 0 Å². The summed E-state index contributed by atoms with van der Waals surface area (Å²) in [5, 5.41) is 0. The molecule has 0 bridgehead atoms. The van der Waals surface area contributed by atoms with Crippen molar-refractivity contribution in [3.8, 4) is 5.75 Å². The van der Waals surface area contributed by atoms with Crippen molar-refractivity contribution in [2.24, 2.45) is 5.92 Å². The van der Waals surface area contributed by atoms with Crippen molar-refractivity contribution in [1.29, 1.82) is 0 Å². The van der Waals surface area contributed by atoms with Crippen LogP contribution in [-0.2, 0) is 14.8 Å². The minimum Gasteiger partial charge on any atom is -0.492 e. The van der Waals surface area contributed by atoms with Crippen molar-refractivity contribution < 1.29 is 17.9 Å². The zero-order valence-electron chi connectivity index (χ0n) is 13.6. The van der Waals surface area contributed by atoms with E-state index in [0.717, 1.165) is 0 Å². The Morgan fingerprint density at radius 2 is 2.00 bits per heavy atom. The van der Waals surface area contributed by atoms with E-state index in [4.69, 9.17) is 4.74 Å². The summed E-state index contributed by atoms with van der Waals surface area (Å²) in [5.41, 5.74) is 0. The lowest BCUT2D eigenvalue weighted by Gasteiger charge is -2.21. The Kier molecular flexibility index (Phi) is 6.01. The molecule has 1 aliphatic heterocycles. The maximum Gasteiger partial charge on any atom is 0.222 e. The predicted octanol–water partition coefficient (Wildman–Crippen LogP) is 1.20. The Balaban J connectivity index is 1.81. The van der Waals surface area contributed by atoms with Crippen LogP contribution in [0.1, 0.15) is 13.3 Å². The smallest absolute Gasteiger partial charge is 0.222 e. The lowest BCUT2D eigenvalue weighted by Crippen LogP contribution is -2.36. The van der Waals surface area contributed by atoms with Gasteiger partial charge in [-0.1, -0.05) is 18.2 Å². The van der Waals surface area contributed by atoms with Gasteiger partial charge in [0.1, 0.15) is 12.4 Å². The highest BCUT2D eigenvalue weighted by molar-refractivity contribution is 7.89. The highest BCUT2D eigenvalue weighted by Gasteiger charge is 2.31. The number of carbonyl (C=O) groups excluding carboxylic acids is 1. The van der Waals surface area contributed by atoms with Gasteiger partial charge in [0, 0.05) is 33.1 Å². The van der Waals surface area contributed by atoms with E-state index < -0.39 is 10.0 Å². The maximum atomic E-state index is 12.3. The van der Waals surface area contributed by atoms with Crippen molar-refractivity contribution in [3.05, 3.63) is 30.3 Å². The number of nitrogens with zero attached hydrogens (tertiary/aromatic N) is 2. The summed E-state index contributed by atoms with van der Waals surface area (Å²) in [5.74, 6) is 0.759. The third kappa shape index (κ3) is 4.94. The molecule has 1 amide bonds. The summed E-state index contributed by atoms with van der Waals surface area (Å²) in [6.07, 6.45) is 0.425. The van der Waals surface area contributed by atoms with Gasteiger partial charge in [0.25, 0.3) is 0 Å². The zero-order chi connectivity index (χ0) is 16.9. The number of benzene rings is 1. The van der Waals surface area contributed by atoms with Crippen LogP contribution in [0.4, 0.5) is 0 Å². The third-order valence-electron chi connectivity index (χ3n) is 4.02. The Labute approximate surface area is 138 Å². The molecule has 128 valence electrons. The third-order valence-corrected chi connectivity index (χ3v) is 5.80. The fraction of sp³-hybridized carbons (Fsp3) is 0.562. The fourth-order valence-corrected chi connectivity index (χ4v) is 3.74. The summed E-state index contributed by atoms with van der Waals surface area (Å²) in [6, 6.07) is 9.14. The van der Waals surface area contributed by atoms with Crippen LogP contribution in [0, 0.1) is 5.92 Å². The molecule has 0 unspecified atom stereocenters. The van der Waals surface area contributed by atoms with E-state index in [0.29, 0.717) is 31.8 Å². The average Bonchev–Trinajstić information content (AvgIpc) is 2.87. The predicted molar refractivity (Wildman–Crippen MR) is 88.7 cm³/mol. The number of carbonyl (C=O) groups is 1. The van der Waals surface area contributed by atoms with E-state index in [9.17, 15) is 13.2 Å². The van der Waals surface area contributed by atoms with Gasteiger partial charge >= 0.3 is 0 Å². The van der Waals surface area contributed by atoms with Crippen LogP contribution in [0.3, 0.4) is 0 Å². The Hall–Kier alpha value is -1.60.